The van der Waals surface area contributed by atoms with Gasteiger partial charge in [-0.3, -0.25) is 4.98 Å². The molecule has 4 heteroatoms. The van der Waals surface area contributed by atoms with Gasteiger partial charge in [0.15, 0.2) is 0 Å². The van der Waals surface area contributed by atoms with Crippen molar-refractivity contribution < 1.29 is 4.39 Å². The first-order chi connectivity index (χ1) is 8.84. The first-order valence-corrected chi connectivity index (χ1v) is 5.53. The van der Waals surface area contributed by atoms with Crippen LogP contribution in [0.1, 0.15) is 0 Å². The maximum atomic E-state index is 13.8. The highest BCUT2D eigenvalue weighted by molar-refractivity contribution is 5.65. The van der Waals surface area contributed by atoms with Crippen molar-refractivity contribution >= 4 is 0 Å². The Kier molecular flexibility index (Phi) is 2.61. The van der Waals surface area contributed by atoms with Crippen LogP contribution in [-0.2, 0) is 0 Å². The molecule has 0 aliphatic heterocycles. The Morgan fingerprint density at radius 3 is 2.72 bits per heavy atom. The minimum atomic E-state index is -0.258. The molecule has 0 N–H and O–H groups in total. The number of hydrogen-bond acceptors (Lipinski definition) is 2. The Morgan fingerprint density at radius 1 is 1.06 bits per heavy atom. The Morgan fingerprint density at radius 2 is 2.00 bits per heavy atom. The van der Waals surface area contributed by atoms with Crippen molar-refractivity contribution in [2.45, 2.75) is 0 Å². The van der Waals surface area contributed by atoms with Crippen molar-refractivity contribution in [1.82, 2.24) is 14.5 Å². The van der Waals surface area contributed by atoms with Gasteiger partial charge in [0.1, 0.15) is 5.82 Å². The molecular weight excluding hydrogens is 229 g/mol. The van der Waals surface area contributed by atoms with Crippen LogP contribution in [0.2, 0.25) is 0 Å². The molecule has 0 fully saturated rings. The summed E-state index contributed by atoms with van der Waals surface area (Å²) in [7, 11) is 0. The lowest BCUT2D eigenvalue weighted by Crippen LogP contribution is -1.93. The zero-order valence-electron chi connectivity index (χ0n) is 9.49. The predicted molar refractivity (Wildman–Crippen MR) is 66.8 cm³/mol. The van der Waals surface area contributed by atoms with E-state index in [1.807, 2.05) is 16.8 Å². The molecule has 0 aliphatic carbocycles. The summed E-state index contributed by atoms with van der Waals surface area (Å²) < 4.78 is 15.7. The molecule has 2 heterocycles. The lowest BCUT2D eigenvalue weighted by atomic mass is 10.1. The summed E-state index contributed by atoms with van der Waals surface area (Å²) in [5.74, 6) is -0.258. The first kappa shape index (κ1) is 10.7. The maximum absolute atomic E-state index is 13.8. The smallest absolute Gasteiger partial charge is 0.131 e. The summed E-state index contributed by atoms with van der Waals surface area (Å²) in [5.41, 5.74) is 2.17. The van der Waals surface area contributed by atoms with E-state index in [0.717, 1.165) is 11.3 Å². The third kappa shape index (κ3) is 1.88. The number of hydrogen-bond donors (Lipinski definition) is 0. The van der Waals surface area contributed by atoms with Crippen LogP contribution in [0.5, 0.6) is 0 Å². The molecule has 0 atom stereocenters. The van der Waals surface area contributed by atoms with Gasteiger partial charge in [0.2, 0.25) is 0 Å². The monoisotopic (exact) mass is 239 g/mol. The fourth-order valence-corrected chi connectivity index (χ4v) is 1.83. The van der Waals surface area contributed by atoms with Gasteiger partial charge in [-0.25, -0.2) is 9.37 Å². The predicted octanol–water partition coefficient (Wildman–Crippen LogP) is 3.07. The van der Waals surface area contributed by atoms with E-state index in [1.54, 1.807) is 43.1 Å². The Balaban J connectivity index is 2.13. The number of halogens is 1. The van der Waals surface area contributed by atoms with Crippen LogP contribution < -0.4 is 0 Å². The number of nitrogens with zero attached hydrogens (tertiary/aromatic N) is 3. The van der Waals surface area contributed by atoms with Crippen molar-refractivity contribution in [3.63, 3.8) is 0 Å². The topological polar surface area (TPSA) is 30.7 Å². The fraction of sp³-hybridized carbons (Fsp3) is 0. The lowest BCUT2D eigenvalue weighted by Gasteiger charge is -2.07. The summed E-state index contributed by atoms with van der Waals surface area (Å²) in [6, 6.07) is 8.59. The van der Waals surface area contributed by atoms with Crippen LogP contribution in [-0.4, -0.2) is 14.5 Å². The molecule has 0 saturated carbocycles. The molecule has 88 valence electrons. The summed E-state index contributed by atoms with van der Waals surface area (Å²) in [5, 5.41) is 0. The second kappa shape index (κ2) is 4.41. The number of imidazole rings is 1. The number of aromatic nitrogens is 3. The normalized spacial score (nSPS) is 10.5. The molecule has 1 aromatic carbocycles. The van der Waals surface area contributed by atoms with Crippen LogP contribution in [0.15, 0.2) is 61.4 Å². The highest BCUT2D eigenvalue weighted by Crippen LogP contribution is 2.24. The summed E-state index contributed by atoms with van der Waals surface area (Å²) >= 11 is 0. The quantitative estimate of drug-likeness (QED) is 0.688. The molecule has 3 nitrogen and oxygen atoms in total. The van der Waals surface area contributed by atoms with Crippen LogP contribution in [0.25, 0.3) is 16.8 Å². The van der Waals surface area contributed by atoms with Gasteiger partial charge in [0.05, 0.1) is 6.33 Å². The average Bonchev–Trinajstić information content (AvgIpc) is 2.94. The van der Waals surface area contributed by atoms with Gasteiger partial charge in [0.25, 0.3) is 0 Å². The van der Waals surface area contributed by atoms with E-state index < -0.39 is 0 Å². The molecule has 3 rings (SSSR count). The SMILES string of the molecule is Fc1ccc(-n2ccnc2)cc1-c1cccnc1. The highest BCUT2D eigenvalue weighted by Gasteiger charge is 2.07. The van der Waals surface area contributed by atoms with Crippen LogP contribution in [0.3, 0.4) is 0 Å². The number of benzene rings is 1. The third-order valence-electron chi connectivity index (χ3n) is 2.73. The van der Waals surface area contributed by atoms with Gasteiger partial charge in [-0.2, -0.15) is 0 Å². The zero-order chi connectivity index (χ0) is 12.4. The fourth-order valence-electron chi connectivity index (χ4n) is 1.83. The van der Waals surface area contributed by atoms with Gasteiger partial charge in [-0.05, 0) is 24.3 Å². The van der Waals surface area contributed by atoms with E-state index in [1.165, 1.54) is 6.07 Å². The van der Waals surface area contributed by atoms with Crippen LogP contribution >= 0.6 is 0 Å². The molecule has 0 spiro atoms. The number of rotatable bonds is 2. The van der Waals surface area contributed by atoms with E-state index in [4.69, 9.17) is 0 Å². The molecule has 0 amide bonds. The van der Waals surface area contributed by atoms with Gasteiger partial charge in [-0.15, -0.1) is 0 Å². The molecule has 18 heavy (non-hydrogen) atoms. The first-order valence-electron chi connectivity index (χ1n) is 5.53. The average molecular weight is 239 g/mol. The van der Waals surface area contributed by atoms with Gasteiger partial charge >= 0.3 is 0 Å². The standard InChI is InChI=1S/C14H10FN3/c15-14-4-3-12(18-7-6-17-10-18)8-13(14)11-2-1-5-16-9-11/h1-10H. The Bertz CT molecular complexity index is 648. The third-order valence-corrected chi connectivity index (χ3v) is 2.73. The molecule has 0 radical (unpaired) electrons. The van der Waals surface area contributed by atoms with Gasteiger partial charge in [-0.1, -0.05) is 6.07 Å². The molecule has 3 aromatic rings. The maximum Gasteiger partial charge on any atom is 0.131 e. The van der Waals surface area contributed by atoms with E-state index >= 15 is 0 Å². The summed E-state index contributed by atoms with van der Waals surface area (Å²) in [6.45, 7) is 0. The van der Waals surface area contributed by atoms with Crippen molar-refractivity contribution in [2.24, 2.45) is 0 Å². The second-order valence-corrected chi connectivity index (χ2v) is 3.88. The molecule has 0 saturated heterocycles. The minimum absolute atomic E-state index is 0.258. The van der Waals surface area contributed by atoms with Gasteiger partial charge < -0.3 is 4.57 Å². The zero-order valence-corrected chi connectivity index (χ0v) is 9.49. The van der Waals surface area contributed by atoms with Crippen molar-refractivity contribution in [2.75, 3.05) is 0 Å². The van der Waals surface area contributed by atoms with Crippen molar-refractivity contribution in [1.29, 1.82) is 0 Å². The van der Waals surface area contributed by atoms with Crippen LogP contribution in [0, 0.1) is 5.82 Å². The number of pyridine rings is 1. The largest absolute Gasteiger partial charge is 0.306 e. The summed E-state index contributed by atoms with van der Waals surface area (Å²) in [4.78, 5) is 7.99. The molecular formula is C14H10FN3. The molecule has 0 aliphatic rings. The van der Waals surface area contributed by atoms with Crippen molar-refractivity contribution in [3.8, 4) is 16.8 Å². The van der Waals surface area contributed by atoms with E-state index in [2.05, 4.69) is 9.97 Å². The van der Waals surface area contributed by atoms with Crippen LogP contribution in [0.4, 0.5) is 4.39 Å². The lowest BCUT2D eigenvalue weighted by molar-refractivity contribution is 0.631. The molecule has 2 aromatic heterocycles. The highest BCUT2D eigenvalue weighted by atomic mass is 19.1. The van der Waals surface area contributed by atoms with Gasteiger partial charge in [0, 0.05) is 41.6 Å². The van der Waals surface area contributed by atoms with Crippen molar-refractivity contribution in [3.05, 3.63) is 67.3 Å². The van der Waals surface area contributed by atoms with E-state index in [-0.39, 0.29) is 5.82 Å². The van der Waals surface area contributed by atoms with E-state index in [9.17, 15) is 4.39 Å². The molecule has 0 unspecified atom stereocenters. The Hall–Kier alpha value is -2.49. The Labute approximate surface area is 104 Å². The second-order valence-electron chi connectivity index (χ2n) is 3.88. The minimum Gasteiger partial charge on any atom is -0.306 e. The van der Waals surface area contributed by atoms with E-state index in [0.29, 0.717) is 5.56 Å². The molecule has 0 bridgehead atoms. The summed E-state index contributed by atoms with van der Waals surface area (Å²) in [6.07, 6.45) is 8.50.